The number of rotatable bonds is 2. The van der Waals surface area contributed by atoms with Crippen molar-refractivity contribution in [3.63, 3.8) is 0 Å². The molecular weight excluding hydrogens is 254 g/mol. The van der Waals surface area contributed by atoms with Crippen molar-refractivity contribution in [3.05, 3.63) is 16.9 Å². The number of aryl methyl sites for hydroxylation is 1. The molecule has 1 N–H and O–H groups in total. The van der Waals surface area contributed by atoms with E-state index in [0.29, 0.717) is 30.4 Å². The summed E-state index contributed by atoms with van der Waals surface area (Å²) in [4.78, 5) is 14.1. The minimum Gasteiger partial charge on any atom is -0.388 e. The van der Waals surface area contributed by atoms with Gasteiger partial charge in [0, 0.05) is 25.6 Å². The highest BCUT2D eigenvalue weighted by Gasteiger charge is 2.41. The summed E-state index contributed by atoms with van der Waals surface area (Å²) in [5.74, 6) is -0.109. The Morgan fingerprint density at radius 3 is 2.89 bits per heavy atom. The summed E-state index contributed by atoms with van der Waals surface area (Å²) in [6.07, 6.45) is 1.48. The fourth-order valence-corrected chi connectivity index (χ4v) is 2.48. The largest absolute Gasteiger partial charge is 0.388 e. The Morgan fingerprint density at radius 1 is 1.72 bits per heavy atom. The SMILES string of the molecule is CCn1ncc(Cl)c1C(=O)N1C[C@H](C)[C@](C)(O)C1. The molecule has 0 aromatic carbocycles. The molecule has 1 aromatic rings. The van der Waals surface area contributed by atoms with E-state index >= 15 is 0 Å². The first-order valence-electron chi connectivity index (χ1n) is 6.09. The van der Waals surface area contributed by atoms with Crippen LogP contribution in [0.3, 0.4) is 0 Å². The van der Waals surface area contributed by atoms with Gasteiger partial charge >= 0.3 is 0 Å². The van der Waals surface area contributed by atoms with Crippen LogP contribution in [0.15, 0.2) is 6.20 Å². The van der Waals surface area contributed by atoms with Crippen LogP contribution < -0.4 is 0 Å². The summed E-state index contributed by atoms with van der Waals surface area (Å²) < 4.78 is 1.59. The molecule has 18 heavy (non-hydrogen) atoms. The molecule has 100 valence electrons. The molecule has 0 bridgehead atoms. The molecule has 1 aliphatic heterocycles. The van der Waals surface area contributed by atoms with Crippen molar-refractivity contribution in [1.29, 1.82) is 0 Å². The maximum absolute atomic E-state index is 12.4. The molecule has 1 fully saturated rings. The van der Waals surface area contributed by atoms with Crippen LogP contribution in [0.1, 0.15) is 31.3 Å². The Bertz CT molecular complexity index is 470. The van der Waals surface area contributed by atoms with E-state index in [2.05, 4.69) is 5.10 Å². The average Bonchev–Trinajstić information content (AvgIpc) is 2.79. The zero-order valence-electron chi connectivity index (χ0n) is 10.9. The van der Waals surface area contributed by atoms with Gasteiger partial charge in [-0.25, -0.2) is 0 Å². The summed E-state index contributed by atoms with van der Waals surface area (Å²) in [5.41, 5.74) is -0.428. The highest BCUT2D eigenvalue weighted by molar-refractivity contribution is 6.33. The molecule has 2 heterocycles. The minimum absolute atomic E-state index is 0.0539. The van der Waals surface area contributed by atoms with E-state index in [0.717, 1.165) is 0 Å². The zero-order valence-corrected chi connectivity index (χ0v) is 11.6. The summed E-state index contributed by atoms with van der Waals surface area (Å²) in [6.45, 7) is 7.06. The van der Waals surface area contributed by atoms with E-state index in [1.54, 1.807) is 16.5 Å². The molecule has 0 saturated carbocycles. The Morgan fingerprint density at radius 2 is 2.39 bits per heavy atom. The molecule has 1 aromatic heterocycles. The molecule has 2 atom stereocenters. The van der Waals surface area contributed by atoms with E-state index in [1.165, 1.54) is 6.20 Å². The Kier molecular flexibility index (Phi) is 3.38. The van der Waals surface area contributed by atoms with Crippen molar-refractivity contribution in [2.75, 3.05) is 13.1 Å². The summed E-state index contributed by atoms with van der Waals surface area (Å²) in [7, 11) is 0. The van der Waals surface area contributed by atoms with E-state index < -0.39 is 5.60 Å². The molecule has 0 radical (unpaired) electrons. The lowest BCUT2D eigenvalue weighted by Crippen LogP contribution is -2.36. The van der Waals surface area contributed by atoms with Crippen LogP contribution in [0.2, 0.25) is 5.02 Å². The third kappa shape index (κ3) is 2.12. The van der Waals surface area contributed by atoms with Gasteiger partial charge in [0.2, 0.25) is 0 Å². The predicted molar refractivity (Wildman–Crippen MR) is 68.6 cm³/mol. The van der Waals surface area contributed by atoms with E-state index in [4.69, 9.17) is 11.6 Å². The number of hydrogen-bond donors (Lipinski definition) is 1. The first kappa shape index (κ1) is 13.4. The molecule has 1 amide bonds. The fourth-order valence-electron chi connectivity index (χ4n) is 2.25. The summed E-state index contributed by atoms with van der Waals surface area (Å²) in [5, 5.41) is 14.5. The molecule has 0 spiro atoms. The van der Waals surface area contributed by atoms with Crippen molar-refractivity contribution < 1.29 is 9.90 Å². The second kappa shape index (κ2) is 4.55. The number of carbonyl (C=O) groups excluding carboxylic acids is 1. The topological polar surface area (TPSA) is 58.4 Å². The van der Waals surface area contributed by atoms with Gasteiger partial charge < -0.3 is 10.0 Å². The minimum atomic E-state index is -0.834. The van der Waals surface area contributed by atoms with Crippen LogP contribution in [0.5, 0.6) is 0 Å². The Labute approximate surface area is 111 Å². The van der Waals surface area contributed by atoms with Gasteiger partial charge in [-0.2, -0.15) is 5.10 Å². The van der Waals surface area contributed by atoms with E-state index in [9.17, 15) is 9.90 Å². The third-order valence-corrected chi connectivity index (χ3v) is 3.93. The van der Waals surface area contributed by atoms with Crippen molar-refractivity contribution in [2.45, 2.75) is 32.9 Å². The van der Waals surface area contributed by atoms with E-state index in [-0.39, 0.29) is 11.8 Å². The molecular formula is C12H18ClN3O2. The Hall–Kier alpha value is -1.07. The second-order valence-corrected chi connectivity index (χ2v) is 5.51. The van der Waals surface area contributed by atoms with E-state index in [1.807, 2.05) is 13.8 Å². The van der Waals surface area contributed by atoms with Gasteiger partial charge in [-0.1, -0.05) is 18.5 Å². The van der Waals surface area contributed by atoms with Crippen LogP contribution in [-0.4, -0.2) is 44.4 Å². The molecule has 2 rings (SSSR count). The van der Waals surface area contributed by atoms with Crippen molar-refractivity contribution in [2.24, 2.45) is 5.92 Å². The highest BCUT2D eigenvalue weighted by Crippen LogP contribution is 2.29. The van der Waals surface area contributed by atoms with Gasteiger partial charge in [-0.05, 0) is 13.8 Å². The first-order valence-corrected chi connectivity index (χ1v) is 6.47. The van der Waals surface area contributed by atoms with Crippen LogP contribution in [0, 0.1) is 5.92 Å². The quantitative estimate of drug-likeness (QED) is 0.885. The number of aromatic nitrogens is 2. The number of nitrogens with zero attached hydrogens (tertiary/aromatic N) is 3. The van der Waals surface area contributed by atoms with Crippen LogP contribution in [0.4, 0.5) is 0 Å². The van der Waals surface area contributed by atoms with Crippen LogP contribution in [-0.2, 0) is 6.54 Å². The number of hydrogen-bond acceptors (Lipinski definition) is 3. The molecule has 0 unspecified atom stereocenters. The van der Waals surface area contributed by atoms with Crippen LogP contribution >= 0.6 is 11.6 Å². The van der Waals surface area contributed by atoms with Crippen molar-refractivity contribution >= 4 is 17.5 Å². The second-order valence-electron chi connectivity index (χ2n) is 5.10. The number of β-amino-alcohol motifs (C(OH)–C–C–N with tert-alkyl or cyclic N) is 1. The lowest BCUT2D eigenvalue weighted by molar-refractivity contribution is 0.0349. The van der Waals surface area contributed by atoms with Crippen LogP contribution in [0.25, 0.3) is 0 Å². The number of halogens is 1. The highest BCUT2D eigenvalue weighted by atomic mass is 35.5. The standard InChI is InChI=1S/C12H18ClN3O2/c1-4-16-10(9(13)5-14-16)11(17)15-6-8(2)12(3,18)7-15/h5,8,18H,4,6-7H2,1-3H3/t8-,12+/m0/s1. The van der Waals surface area contributed by atoms with Gasteiger partial charge in [0.15, 0.2) is 0 Å². The van der Waals surface area contributed by atoms with Gasteiger partial charge in [0.1, 0.15) is 5.69 Å². The van der Waals surface area contributed by atoms with Crippen molar-refractivity contribution in [3.8, 4) is 0 Å². The number of aliphatic hydroxyl groups is 1. The first-order chi connectivity index (χ1) is 8.36. The van der Waals surface area contributed by atoms with Crippen molar-refractivity contribution in [1.82, 2.24) is 14.7 Å². The zero-order chi connectivity index (χ0) is 13.5. The van der Waals surface area contributed by atoms with Gasteiger partial charge in [-0.15, -0.1) is 0 Å². The lowest BCUT2D eigenvalue weighted by atomic mass is 9.95. The maximum Gasteiger partial charge on any atom is 0.273 e. The smallest absolute Gasteiger partial charge is 0.273 e. The predicted octanol–water partition coefficient (Wildman–Crippen LogP) is 1.40. The average molecular weight is 272 g/mol. The maximum atomic E-state index is 12.4. The number of carbonyl (C=O) groups is 1. The monoisotopic (exact) mass is 271 g/mol. The third-order valence-electron chi connectivity index (χ3n) is 3.65. The Balaban J connectivity index is 2.25. The van der Waals surface area contributed by atoms with Gasteiger partial charge in [-0.3, -0.25) is 9.48 Å². The number of likely N-dealkylation sites (tertiary alicyclic amines) is 1. The normalized spacial score (nSPS) is 27.8. The lowest BCUT2D eigenvalue weighted by Gasteiger charge is -2.20. The summed E-state index contributed by atoms with van der Waals surface area (Å²) >= 11 is 6.01. The van der Waals surface area contributed by atoms with Gasteiger partial charge in [0.05, 0.1) is 16.8 Å². The molecule has 1 aliphatic rings. The number of amides is 1. The fraction of sp³-hybridized carbons (Fsp3) is 0.667. The molecule has 6 heteroatoms. The molecule has 0 aliphatic carbocycles. The van der Waals surface area contributed by atoms with Gasteiger partial charge in [0.25, 0.3) is 5.91 Å². The molecule has 5 nitrogen and oxygen atoms in total. The molecule has 1 saturated heterocycles. The summed E-state index contributed by atoms with van der Waals surface area (Å²) in [6, 6.07) is 0.